The Balaban J connectivity index is 1.47. The molecule has 4 rings (SSSR count). The number of pyridine rings is 1. The number of anilines is 1. The Hall–Kier alpha value is -2.53. The number of benzene rings is 1. The largest absolute Gasteiger partial charge is 0.338 e. The number of nitrogens with zero attached hydrogens (tertiary/aromatic N) is 5. The van der Waals surface area contributed by atoms with Crippen LogP contribution in [0.5, 0.6) is 0 Å². The molecule has 5 nitrogen and oxygen atoms in total. The average molecular weight is 333 g/mol. The smallest absolute Gasteiger partial charge is 0.225 e. The summed E-state index contributed by atoms with van der Waals surface area (Å²) in [6, 6.07) is 11.1. The van der Waals surface area contributed by atoms with E-state index in [1.165, 1.54) is 16.5 Å². The molecule has 1 aliphatic heterocycles. The molecular weight excluding hydrogens is 310 g/mol. The van der Waals surface area contributed by atoms with Crippen LogP contribution in [0, 0.1) is 6.92 Å². The van der Waals surface area contributed by atoms with Crippen molar-refractivity contribution >= 4 is 16.9 Å². The lowest BCUT2D eigenvalue weighted by molar-refractivity contribution is 0.198. The van der Waals surface area contributed by atoms with Crippen molar-refractivity contribution in [3.8, 4) is 0 Å². The van der Waals surface area contributed by atoms with Gasteiger partial charge < -0.3 is 4.90 Å². The molecule has 0 aliphatic carbocycles. The molecule has 3 aromatic rings. The summed E-state index contributed by atoms with van der Waals surface area (Å²) >= 11 is 0. The van der Waals surface area contributed by atoms with E-state index in [2.05, 4.69) is 62.9 Å². The number of piperazine rings is 1. The van der Waals surface area contributed by atoms with Crippen molar-refractivity contribution in [2.75, 3.05) is 31.1 Å². The minimum Gasteiger partial charge on any atom is -0.338 e. The van der Waals surface area contributed by atoms with Crippen LogP contribution in [0.3, 0.4) is 0 Å². The standard InChI is InChI=1S/C20H23N5/c1-15-12-18-5-4-17(13-19(18)23-14-15)16(2)24-8-10-25(11-9-24)20-21-6-3-7-22-20/h3-7,12-14,16H,8-11H2,1-2H3. The number of hydrogen-bond acceptors (Lipinski definition) is 5. The van der Waals surface area contributed by atoms with Crippen LogP contribution in [0.1, 0.15) is 24.1 Å². The number of hydrogen-bond donors (Lipinski definition) is 0. The molecule has 128 valence electrons. The summed E-state index contributed by atoms with van der Waals surface area (Å²) in [4.78, 5) is 18.1. The van der Waals surface area contributed by atoms with E-state index in [9.17, 15) is 0 Å². The zero-order chi connectivity index (χ0) is 17.2. The fraction of sp³-hybridized carbons (Fsp3) is 0.350. The molecule has 0 N–H and O–H groups in total. The van der Waals surface area contributed by atoms with Crippen molar-refractivity contribution in [3.63, 3.8) is 0 Å². The summed E-state index contributed by atoms with van der Waals surface area (Å²) < 4.78 is 0. The van der Waals surface area contributed by atoms with Gasteiger partial charge in [0.25, 0.3) is 0 Å². The topological polar surface area (TPSA) is 45.2 Å². The Kier molecular flexibility index (Phi) is 4.32. The van der Waals surface area contributed by atoms with Crippen molar-refractivity contribution < 1.29 is 0 Å². The second kappa shape index (κ2) is 6.76. The molecule has 25 heavy (non-hydrogen) atoms. The quantitative estimate of drug-likeness (QED) is 0.736. The summed E-state index contributed by atoms with van der Waals surface area (Å²) in [5, 5.41) is 1.21. The Labute approximate surface area is 148 Å². The average Bonchev–Trinajstić information content (AvgIpc) is 2.68. The predicted molar refractivity (Wildman–Crippen MR) is 101 cm³/mol. The van der Waals surface area contributed by atoms with Crippen LogP contribution in [0.4, 0.5) is 5.95 Å². The van der Waals surface area contributed by atoms with E-state index in [4.69, 9.17) is 0 Å². The van der Waals surface area contributed by atoms with E-state index in [0.29, 0.717) is 6.04 Å². The lowest BCUT2D eigenvalue weighted by Gasteiger charge is -2.38. The molecule has 1 fully saturated rings. The predicted octanol–water partition coefficient (Wildman–Crippen LogP) is 3.22. The summed E-state index contributed by atoms with van der Waals surface area (Å²) in [5.74, 6) is 0.833. The van der Waals surface area contributed by atoms with E-state index < -0.39 is 0 Å². The Bertz CT molecular complexity index is 856. The third-order valence-electron chi connectivity index (χ3n) is 5.02. The Morgan fingerprint density at radius 1 is 0.960 bits per heavy atom. The van der Waals surface area contributed by atoms with E-state index in [-0.39, 0.29) is 0 Å². The molecular formula is C20H23N5. The van der Waals surface area contributed by atoms with Crippen molar-refractivity contribution in [2.24, 2.45) is 0 Å². The molecule has 1 aliphatic rings. The van der Waals surface area contributed by atoms with Gasteiger partial charge in [0.05, 0.1) is 5.52 Å². The number of fused-ring (bicyclic) bond motifs is 1. The van der Waals surface area contributed by atoms with Crippen LogP contribution in [-0.4, -0.2) is 46.0 Å². The first-order valence-corrected chi connectivity index (χ1v) is 8.83. The molecule has 0 spiro atoms. The molecule has 1 atom stereocenters. The maximum Gasteiger partial charge on any atom is 0.225 e. The van der Waals surface area contributed by atoms with E-state index >= 15 is 0 Å². The van der Waals surface area contributed by atoms with Crippen molar-refractivity contribution in [1.82, 2.24) is 19.9 Å². The highest BCUT2D eigenvalue weighted by molar-refractivity contribution is 5.79. The normalized spacial score (nSPS) is 17.0. The van der Waals surface area contributed by atoms with Crippen LogP contribution in [0.2, 0.25) is 0 Å². The van der Waals surface area contributed by atoms with Crippen LogP contribution >= 0.6 is 0 Å². The lowest BCUT2D eigenvalue weighted by atomic mass is 10.0. The van der Waals surface area contributed by atoms with Gasteiger partial charge in [-0.3, -0.25) is 9.88 Å². The molecule has 2 aromatic heterocycles. The lowest BCUT2D eigenvalue weighted by Crippen LogP contribution is -2.47. The van der Waals surface area contributed by atoms with Gasteiger partial charge >= 0.3 is 0 Å². The van der Waals surface area contributed by atoms with Gasteiger partial charge in [0.2, 0.25) is 5.95 Å². The molecule has 1 saturated heterocycles. The van der Waals surface area contributed by atoms with Gasteiger partial charge in [-0.2, -0.15) is 0 Å². The van der Waals surface area contributed by atoms with Gasteiger partial charge in [-0.25, -0.2) is 9.97 Å². The van der Waals surface area contributed by atoms with Gasteiger partial charge in [-0.15, -0.1) is 0 Å². The third kappa shape index (κ3) is 3.33. The minimum absolute atomic E-state index is 0.381. The molecule has 0 bridgehead atoms. The second-order valence-electron chi connectivity index (χ2n) is 6.71. The summed E-state index contributed by atoms with van der Waals surface area (Å²) in [5.41, 5.74) is 3.60. The van der Waals surface area contributed by atoms with Crippen LogP contribution in [-0.2, 0) is 0 Å². The highest BCUT2D eigenvalue weighted by Crippen LogP contribution is 2.25. The van der Waals surface area contributed by atoms with E-state index in [1.807, 2.05) is 12.3 Å². The zero-order valence-electron chi connectivity index (χ0n) is 14.8. The highest BCUT2D eigenvalue weighted by atomic mass is 15.3. The molecule has 1 unspecified atom stereocenters. The van der Waals surface area contributed by atoms with Crippen molar-refractivity contribution in [1.29, 1.82) is 0 Å². The number of aryl methyl sites for hydroxylation is 1. The van der Waals surface area contributed by atoms with Gasteiger partial charge in [-0.1, -0.05) is 12.1 Å². The maximum absolute atomic E-state index is 4.58. The molecule has 0 saturated carbocycles. The monoisotopic (exact) mass is 333 g/mol. The highest BCUT2D eigenvalue weighted by Gasteiger charge is 2.23. The minimum atomic E-state index is 0.381. The van der Waals surface area contributed by atoms with Crippen LogP contribution in [0.15, 0.2) is 48.9 Å². The number of aromatic nitrogens is 3. The van der Waals surface area contributed by atoms with Crippen LogP contribution < -0.4 is 4.90 Å². The second-order valence-corrected chi connectivity index (χ2v) is 6.71. The molecule has 3 heterocycles. The molecule has 5 heteroatoms. The van der Waals surface area contributed by atoms with Crippen molar-refractivity contribution in [2.45, 2.75) is 19.9 Å². The maximum atomic E-state index is 4.58. The van der Waals surface area contributed by atoms with Gasteiger partial charge in [-0.05, 0) is 43.2 Å². The summed E-state index contributed by atoms with van der Waals surface area (Å²) in [6.45, 7) is 8.30. The first-order valence-electron chi connectivity index (χ1n) is 8.83. The Morgan fingerprint density at radius 3 is 2.48 bits per heavy atom. The first-order chi connectivity index (χ1) is 12.2. The molecule has 1 aromatic carbocycles. The van der Waals surface area contributed by atoms with Gasteiger partial charge in [0.1, 0.15) is 0 Å². The fourth-order valence-corrected chi connectivity index (χ4v) is 3.48. The van der Waals surface area contributed by atoms with Crippen molar-refractivity contribution in [3.05, 3.63) is 60.0 Å². The third-order valence-corrected chi connectivity index (χ3v) is 5.02. The molecule has 0 amide bonds. The fourth-order valence-electron chi connectivity index (χ4n) is 3.48. The summed E-state index contributed by atoms with van der Waals surface area (Å²) in [7, 11) is 0. The van der Waals surface area contributed by atoms with Gasteiger partial charge in [0, 0.05) is 56.2 Å². The molecule has 0 radical (unpaired) electrons. The Morgan fingerprint density at radius 2 is 1.72 bits per heavy atom. The van der Waals surface area contributed by atoms with Crippen LogP contribution in [0.25, 0.3) is 10.9 Å². The zero-order valence-corrected chi connectivity index (χ0v) is 14.8. The first kappa shape index (κ1) is 16.0. The van der Waals surface area contributed by atoms with Gasteiger partial charge in [0.15, 0.2) is 0 Å². The summed E-state index contributed by atoms with van der Waals surface area (Å²) in [6.07, 6.45) is 5.55. The number of rotatable bonds is 3. The SMILES string of the molecule is Cc1cnc2cc(C(C)N3CCN(c4ncccn4)CC3)ccc2c1. The van der Waals surface area contributed by atoms with E-state index in [0.717, 1.165) is 37.6 Å². The van der Waals surface area contributed by atoms with E-state index in [1.54, 1.807) is 12.4 Å².